The lowest BCUT2D eigenvalue weighted by molar-refractivity contribution is 0.173. The Bertz CT molecular complexity index is 542. The molecule has 1 unspecified atom stereocenters. The first-order chi connectivity index (χ1) is 8.56. The molecular weight excluding hydrogens is 297 g/mol. The lowest BCUT2D eigenvalue weighted by Crippen LogP contribution is -2.05. The Labute approximate surface area is 114 Å². The smallest absolute Gasteiger partial charge is 0.123 e. The summed E-state index contributed by atoms with van der Waals surface area (Å²) in [6, 6.07) is 8.17. The van der Waals surface area contributed by atoms with E-state index in [1.165, 1.54) is 12.1 Å². The zero-order valence-corrected chi connectivity index (χ0v) is 11.5. The molecule has 18 heavy (non-hydrogen) atoms. The highest BCUT2D eigenvalue weighted by atomic mass is 79.9. The minimum absolute atomic E-state index is 0.286. The van der Waals surface area contributed by atoms with Crippen LogP contribution in [0.3, 0.4) is 0 Å². The summed E-state index contributed by atoms with van der Waals surface area (Å²) < 4.78 is 14.0. The van der Waals surface area contributed by atoms with E-state index in [0.717, 1.165) is 15.6 Å². The van der Waals surface area contributed by atoms with Gasteiger partial charge in [-0.1, -0.05) is 6.07 Å². The summed E-state index contributed by atoms with van der Waals surface area (Å²) >= 11 is 3.29. The zero-order chi connectivity index (χ0) is 13.1. The lowest BCUT2D eigenvalue weighted by atomic mass is 10.0. The molecule has 4 heteroatoms. The van der Waals surface area contributed by atoms with Crippen molar-refractivity contribution in [1.29, 1.82) is 0 Å². The third-order valence-electron chi connectivity index (χ3n) is 2.82. The van der Waals surface area contributed by atoms with Gasteiger partial charge in [-0.2, -0.15) is 0 Å². The number of aryl methyl sites for hydroxylation is 1. The molecule has 1 heterocycles. The monoisotopic (exact) mass is 309 g/mol. The van der Waals surface area contributed by atoms with E-state index in [9.17, 15) is 9.50 Å². The van der Waals surface area contributed by atoms with E-state index in [1.807, 2.05) is 13.0 Å². The summed E-state index contributed by atoms with van der Waals surface area (Å²) in [6.07, 6.45) is 1.27. The molecule has 0 fully saturated rings. The molecule has 0 saturated heterocycles. The highest BCUT2D eigenvalue weighted by Crippen LogP contribution is 2.20. The summed E-state index contributed by atoms with van der Waals surface area (Å²) in [5.74, 6) is -0.286. The van der Waals surface area contributed by atoms with Crippen LogP contribution in [0.1, 0.15) is 22.9 Å². The molecule has 1 atom stereocenters. The van der Waals surface area contributed by atoms with Crippen LogP contribution in [0.2, 0.25) is 0 Å². The topological polar surface area (TPSA) is 33.1 Å². The van der Waals surface area contributed by atoms with Gasteiger partial charge in [-0.05, 0) is 58.2 Å². The predicted octanol–water partition coefficient (Wildman–Crippen LogP) is 3.57. The van der Waals surface area contributed by atoms with Gasteiger partial charge >= 0.3 is 0 Å². The van der Waals surface area contributed by atoms with Crippen molar-refractivity contribution in [2.75, 3.05) is 0 Å². The van der Waals surface area contributed by atoms with Gasteiger partial charge < -0.3 is 5.11 Å². The Balaban J connectivity index is 2.18. The molecule has 94 valence electrons. The maximum absolute atomic E-state index is 13.1. The molecule has 2 aromatic rings. The van der Waals surface area contributed by atoms with Crippen LogP contribution in [0.4, 0.5) is 4.39 Å². The fourth-order valence-electron chi connectivity index (χ4n) is 1.76. The number of nitrogens with zero attached hydrogens (tertiary/aromatic N) is 1. The van der Waals surface area contributed by atoms with E-state index in [4.69, 9.17) is 0 Å². The van der Waals surface area contributed by atoms with Crippen molar-refractivity contribution in [2.24, 2.45) is 0 Å². The molecule has 0 spiro atoms. The van der Waals surface area contributed by atoms with Crippen LogP contribution >= 0.6 is 15.9 Å². The molecule has 0 aliphatic carbocycles. The number of halogens is 2. The predicted molar refractivity (Wildman–Crippen MR) is 71.7 cm³/mol. The number of hydrogen-bond donors (Lipinski definition) is 1. The average Bonchev–Trinajstić information content (AvgIpc) is 2.34. The Morgan fingerprint density at radius 1 is 1.33 bits per heavy atom. The van der Waals surface area contributed by atoms with Crippen LogP contribution in [-0.4, -0.2) is 10.1 Å². The first-order valence-corrected chi connectivity index (χ1v) is 6.40. The van der Waals surface area contributed by atoms with Crippen molar-refractivity contribution in [3.05, 3.63) is 63.6 Å². The number of aromatic nitrogens is 1. The van der Waals surface area contributed by atoms with Gasteiger partial charge in [0.15, 0.2) is 0 Å². The molecule has 0 aliphatic heterocycles. The first kappa shape index (κ1) is 13.2. The van der Waals surface area contributed by atoms with Crippen LogP contribution < -0.4 is 0 Å². The molecule has 0 saturated carbocycles. The van der Waals surface area contributed by atoms with Crippen molar-refractivity contribution >= 4 is 15.9 Å². The second-order valence-electron chi connectivity index (χ2n) is 4.19. The van der Waals surface area contributed by atoms with Crippen LogP contribution in [0.15, 0.2) is 41.0 Å². The SMILES string of the molecule is Cc1ccc(F)cc1CC(O)c1ccc(Br)cn1. The van der Waals surface area contributed by atoms with E-state index in [2.05, 4.69) is 20.9 Å². The minimum atomic E-state index is -0.724. The Morgan fingerprint density at radius 3 is 2.78 bits per heavy atom. The summed E-state index contributed by atoms with van der Waals surface area (Å²) in [5, 5.41) is 10.1. The van der Waals surface area contributed by atoms with Gasteiger partial charge in [-0.15, -0.1) is 0 Å². The highest BCUT2D eigenvalue weighted by molar-refractivity contribution is 9.10. The Kier molecular flexibility index (Phi) is 4.09. The number of pyridine rings is 1. The number of aliphatic hydroxyl groups excluding tert-OH is 1. The van der Waals surface area contributed by atoms with Crippen LogP contribution in [-0.2, 0) is 6.42 Å². The van der Waals surface area contributed by atoms with Crippen molar-refractivity contribution in [2.45, 2.75) is 19.4 Å². The second-order valence-corrected chi connectivity index (χ2v) is 5.11. The van der Waals surface area contributed by atoms with Crippen LogP contribution in [0.5, 0.6) is 0 Å². The van der Waals surface area contributed by atoms with Gasteiger partial charge in [-0.25, -0.2) is 4.39 Å². The molecule has 1 N–H and O–H groups in total. The largest absolute Gasteiger partial charge is 0.386 e. The molecular formula is C14H13BrFNO. The van der Waals surface area contributed by atoms with Gasteiger partial charge in [0.1, 0.15) is 5.82 Å². The number of hydrogen-bond acceptors (Lipinski definition) is 2. The summed E-state index contributed by atoms with van der Waals surface area (Å²) in [4.78, 5) is 4.14. The summed E-state index contributed by atoms with van der Waals surface area (Å²) in [7, 11) is 0. The Morgan fingerprint density at radius 2 is 2.11 bits per heavy atom. The molecule has 1 aromatic carbocycles. The zero-order valence-electron chi connectivity index (χ0n) is 9.90. The van der Waals surface area contributed by atoms with E-state index >= 15 is 0 Å². The lowest BCUT2D eigenvalue weighted by Gasteiger charge is -2.12. The van der Waals surface area contributed by atoms with Crippen molar-refractivity contribution in [1.82, 2.24) is 4.98 Å². The van der Waals surface area contributed by atoms with Crippen molar-refractivity contribution < 1.29 is 9.50 Å². The molecule has 1 aromatic heterocycles. The number of rotatable bonds is 3. The summed E-state index contributed by atoms with van der Waals surface area (Å²) in [6.45, 7) is 1.90. The maximum Gasteiger partial charge on any atom is 0.123 e. The highest BCUT2D eigenvalue weighted by Gasteiger charge is 2.12. The van der Waals surface area contributed by atoms with E-state index in [1.54, 1.807) is 18.3 Å². The molecule has 0 aliphatic rings. The van der Waals surface area contributed by atoms with E-state index in [-0.39, 0.29) is 5.82 Å². The quantitative estimate of drug-likeness (QED) is 0.940. The van der Waals surface area contributed by atoms with Crippen LogP contribution in [0, 0.1) is 12.7 Å². The molecule has 2 nitrogen and oxygen atoms in total. The van der Waals surface area contributed by atoms with E-state index in [0.29, 0.717) is 12.1 Å². The first-order valence-electron chi connectivity index (χ1n) is 5.61. The summed E-state index contributed by atoms with van der Waals surface area (Å²) in [5.41, 5.74) is 2.35. The fourth-order valence-corrected chi connectivity index (χ4v) is 1.99. The Hall–Kier alpha value is -1.26. The van der Waals surface area contributed by atoms with Gasteiger partial charge in [-0.3, -0.25) is 4.98 Å². The number of aliphatic hydroxyl groups is 1. The van der Waals surface area contributed by atoms with Gasteiger partial charge in [0.25, 0.3) is 0 Å². The third kappa shape index (κ3) is 3.15. The molecule has 0 radical (unpaired) electrons. The maximum atomic E-state index is 13.1. The second kappa shape index (κ2) is 5.59. The average molecular weight is 310 g/mol. The normalized spacial score (nSPS) is 12.4. The van der Waals surface area contributed by atoms with Gasteiger partial charge in [0.2, 0.25) is 0 Å². The van der Waals surface area contributed by atoms with Crippen molar-refractivity contribution in [3.63, 3.8) is 0 Å². The van der Waals surface area contributed by atoms with E-state index < -0.39 is 6.10 Å². The molecule has 0 amide bonds. The fraction of sp³-hybridized carbons (Fsp3) is 0.214. The molecule has 0 bridgehead atoms. The van der Waals surface area contributed by atoms with Crippen molar-refractivity contribution in [3.8, 4) is 0 Å². The van der Waals surface area contributed by atoms with Gasteiger partial charge in [0, 0.05) is 17.1 Å². The third-order valence-corrected chi connectivity index (χ3v) is 3.29. The molecule has 2 rings (SSSR count). The standard InChI is InChI=1S/C14H13BrFNO/c1-9-2-4-12(16)6-10(9)7-14(18)13-5-3-11(15)8-17-13/h2-6,8,14,18H,7H2,1H3. The number of benzene rings is 1. The minimum Gasteiger partial charge on any atom is -0.386 e. The van der Waals surface area contributed by atoms with Crippen LogP contribution in [0.25, 0.3) is 0 Å². The van der Waals surface area contributed by atoms with Gasteiger partial charge in [0.05, 0.1) is 11.8 Å².